The van der Waals surface area contributed by atoms with Crippen molar-refractivity contribution in [1.82, 2.24) is 19.9 Å². The number of rotatable bonds is 1. The number of nitrogens with zero attached hydrogens (tertiary/aromatic N) is 4. The standard InChI is InChI=1S/C13H13N7/c1-6-3-2-4-7(5-6)8-10(14)18-12-9(17-8)11(15)19-13(16)20-12/h2-5H,1H3,(H6,14,15,16,18,19,20). The molecule has 0 aliphatic rings. The maximum Gasteiger partial charge on any atom is 0.224 e. The first-order valence-electron chi connectivity index (χ1n) is 5.98. The zero-order valence-electron chi connectivity index (χ0n) is 10.8. The minimum Gasteiger partial charge on any atom is -0.382 e. The smallest absolute Gasteiger partial charge is 0.224 e. The van der Waals surface area contributed by atoms with Gasteiger partial charge in [-0.25, -0.2) is 9.97 Å². The molecule has 20 heavy (non-hydrogen) atoms. The lowest BCUT2D eigenvalue weighted by molar-refractivity contribution is 1.17. The summed E-state index contributed by atoms with van der Waals surface area (Å²) in [7, 11) is 0. The van der Waals surface area contributed by atoms with E-state index in [-0.39, 0.29) is 17.6 Å². The number of nitrogens with two attached hydrogens (primary N) is 3. The highest BCUT2D eigenvalue weighted by molar-refractivity contribution is 5.87. The third-order valence-corrected chi connectivity index (χ3v) is 2.89. The van der Waals surface area contributed by atoms with Crippen molar-refractivity contribution in [3.8, 4) is 11.3 Å². The number of nitrogen functional groups attached to an aromatic ring is 3. The SMILES string of the molecule is Cc1cccc(-c2nc3c(N)nc(N)nc3nc2N)c1. The molecule has 7 nitrogen and oxygen atoms in total. The minimum atomic E-state index is 0.0482. The molecule has 0 aliphatic carbocycles. The predicted molar refractivity (Wildman–Crippen MR) is 78.5 cm³/mol. The van der Waals surface area contributed by atoms with Gasteiger partial charge in [-0.1, -0.05) is 23.8 Å². The van der Waals surface area contributed by atoms with Crippen LogP contribution in [0, 0.1) is 6.92 Å². The van der Waals surface area contributed by atoms with Crippen LogP contribution < -0.4 is 17.2 Å². The lowest BCUT2D eigenvalue weighted by atomic mass is 10.1. The number of aromatic nitrogens is 4. The van der Waals surface area contributed by atoms with Crippen LogP contribution in [0.3, 0.4) is 0 Å². The third-order valence-electron chi connectivity index (χ3n) is 2.89. The molecule has 0 saturated heterocycles. The molecule has 1 aromatic carbocycles. The van der Waals surface area contributed by atoms with Crippen LogP contribution in [0.15, 0.2) is 24.3 Å². The topological polar surface area (TPSA) is 130 Å². The molecule has 0 amide bonds. The summed E-state index contributed by atoms with van der Waals surface area (Å²) in [6.07, 6.45) is 0. The molecule has 100 valence electrons. The van der Waals surface area contributed by atoms with Gasteiger partial charge in [0.15, 0.2) is 22.8 Å². The van der Waals surface area contributed by atoms with Gasteiger partial charge in [0.1, 0.15) is 5.69 Å². The van der Waals surface area contributed by atoms with Crippen LogP contribution in [0.5, 0.6) is 0 Å². The summed E-state index contributed by atoms with van der Waals surface area (Å²) in [5.74, 6) is 0.515. The summed E-state index contributed by atoms with van der Waals surface area (Å²) in [4.78, 5) is 16.5. The molecule has 0 unspecified atom stereocenters. The molecule has 0 radical (unpaired) electrons. The molecular formula is C13H13N7. The van der Waals surface area contributed by atoms with Gasteiger partial charge in [0.05, 0.1) is 0 Å². The van der Waals surface area contributed by atoms with E-state index in [9.17, 15) is 0 Å². The molecule has 6 N–H and O–H groups in total. The van der Waals surface area contributed by atoms with E-state index in [0.717, 1.165) is 11.1 Å². The average Bonchev–Trinajstić information content (AvgIpc) is 2.37. The van der Waals surface area contributed by atoms with E-state index >= 15 is 0 Å². The Morgan fingerprint density at radius 1 is 0.900 bits per heavy atom. The van der Waals surface area contributed by atoms with Crippen LogP contribution in [0.25, 0.3) is 22.4 Å². The molecule has 0 bridgehead atoms. The van der Waals surface area contributed by atoms with Crippen molar-refractivity contribution in [2.45, 2.75) is 6.92 Å². The van der Waals surface area contributed by atoms with Crippen molar-refractivity contribution < 1.29 is 0 Å². The fraction of sp³-hybridized carbons (Fsp3) is 0.0769. The Kier molecular flexibility index (Phi) is 2.60. The highest BCUT2D eigenvalue weighted by atomic mass is 15.1. The molecule has 2 heterocycles. The van der Waals surface area contributed by atoms with Crippen molar-refractivity contribution in [3.05, 3.63) is 29.8 Å². The average molecular weight is 267 g/mol. The number of fused-ring (bicyclic) bond motifs is 1. The Bertz CT molecular complexity index is 813. The molecule has 0 spiro atoms. The van der Waals surface area contributed by atoms with Crippen LogP contribution in [0.2, 0.25) is 0 Å². The lowest BCUT2D eigenvalue weighted by Gasteiger charge is -2.08. The van der Waals surface area contributed by atoms with Crippen molar-refractivity contribution in [2.24, 2.45) is 0 Å². The van der Waals surface area contributed by atoms with E-state index in [4.69, 9.17) is 17.2 Å². The lowest BCUT2D eigenvalue weighted by Crippen LogP contribution is -2.06. The quantitative estimate of drug-likeness (QED) is 0.602. The van der Waals surface area contributed by atoms with Gasteiger partial charge >= 0.3 is 0 Å². The fourth-order valence-electron chi connectivity index (χ4n) is 2.00. The molecule has 3 rings (SSSR count). The molecule has 2 aromatic heterocycles. The first-order valence-corrected chi connectivity index (χ1v) is 5.98. The summed E-state index contributed by atoms with van der Waals surface area (Å²) < 4.78 is 0. The van der Waals surface area contributed by atoms with E-state index in [1.165, 1.54) is 0 Å². The monoisotopic (exact) mass is 267 g/mol. The van der Waals surface area contributed by atoms with Crippen LogP contribution in [0.1, 0.15) is 5.56 Å². The first-order chi connectivity index (χ1) is 9.54. The van der Waals surface area contributed by atoms with E-state index in [2.05, 4.69) is 19.9 Å². The molecule has 0 fully saturated rings. The molecule has 0 aliphatic heterocycles. The van der Waals surface area contributed by atoms with Crippen molar-refractivity contribution >= 4 is 28.7 Å². The summed E-state index contributed by atoms with van der Waals surface area (Å²) in [6.45, 7) is 1.99. The number of aryl methyl sites for hydroxylation is 1. The van der Waals surface area contributed by atoms with E-state index in [0.29, 0.717) is 16.9 Å². The number of anilines is 3. The van der Waals surface area contributed by atoms with Gasteiger partial charge in [0, 0.05) is 5.56 Å². The van der Waals surface area contributed by atoms with Gasteiger partial charge in [-0.05, 0) is 13.0 Å². The van der Waals surface area contributed by atoms with Crippen LogP contribution in [-0.4, -0.2) is 19.9 Å². The number of hydrogen-bond donors (Lipinski definition) is 3. The molecule has 3 aromatic rings. The highest BCUT2D eigenvalue weighted by Crippen LogP contribution is 2.26. The largest absolute Gasteiger partial charge is 0.382 e. The van der Waals surface area contributed by atoms with E-state index < -0.39 is 0 Å². The second-order valence-corrected chi connectivity index (χ2v) is 4.47. The fourth-order valence-corrected chi connectivity index (χ4v) is 2.00. The summed E-state index contributed by atoms with van der Waals surface area (Å²) in [5, 5.41) is 0. The second-order valence-electron chi connectivity index (χ2n) is 4.47. The first kappa shape index (κ1) is 12.1. The Balaban J connectivity index is 2.30. The van der Waals surface area contributed by atoms with Crippen molar-refractivity contribution in [2.75, 3.05) is 17.2 Å². The molecule has 0 saturated carbocycles. The predicted octanol–water partition coefficient (Wildman–Crippen LogP) is 1.14. The maximum absolute atomic E-state index is 5.95. The van der Waals surface area contributed by atoms with Gasteiger partial charge in [-0.3, -0.25) is 0 Å². The van der Waals surface area contributed by atoms with Gasteiger partial charge in [-0.2, -0.15) is 9.97 Å². The Hall–Kier alpha value is -2.96. The number of benzene rings is 1. The second kappa shape index (κ2) is 4.30. The maximum atomic E-state index is 5.95. The van der Waals surface area contributed by atoms with E-state index in [1.54, 1.807) is 0 Å². The Labute approximate surface area is 114 Å². The Morgan fingerprint density at radius 2 is 1.70 bits per heavy atom. The Morgan fingerprint density at radius 3 is 2.45 bits per heavy atom. The third kappa shape index (κ3) is 1.95. The zero-order chi connectivity index (χ0) is 14.3. The summed E-state index contributed by atoms with van der Waals surface area (Å²) >= 11 is 0. The van der Waals surface area contributed by atoms with Crippen molar-refractivity contribution in [1.29, 1.82) is 0 Å². The normalized spacial score (nSPS) is 10.8. The van der Waals surface area contributed by atoms with Crippen LogP contribution in [-0.2, 0) is 0 Å². The zero-order valence-corrected chi connectivity index (χ0v) is 10.8. The van der Waals surface area contributed by atoms with Gasteiger partial charge < -0.3 is 17.2 Å². The van der Waals surface area contributed by atoms with Crippen molar-refractivity contribution in [3.63, 3.8) is 0 Å². The van der Waals surface area contributed by atoms with Gasteiger partial charge in [-0.15, -0.1) is 0 Å². The highest BCUT2D eigenvalue weighted by Gasteiger charge is 2.12. The molecular weight excluding hydrogens is 254 g/mol. The minimum absolute atomic E-state index is 0.0482. The van der Waals surface area contributed by atoms with Gasteiger partial charge in [0.2, 0.25) is 5.95 Å². The van der Waals surface area contributed by atoms with Crippen LogP contribution in [0.4, 0.5) is 17.6 Å². The summed E-state index contributed by atoms with van der Waals surface area (Å²) in [5.41, 5.74) is 20.5. The number of hydrogen-bond acceptors (Lipinski definition) is 7. The summed E-state index contributed by atoms with van der Waals surface area (Å²) in [6, 6.07) is 7.80. The molecule has 7 heteroatoms. The van der Waals surface area contributed by atoms with Gasteiger partial charge in [0.25, 0.3) is 0 Å². The van der Waals surface area contributed by atoms with E-state index in [1.807, 2.05) is 31.2 Å². The van der Waals surface area contributed by atoms with Crippen LogP contribution >= 0.6 is 0 Å². The molecule has 0 atom stereocenters.